The molecule has 0 bridgehead atoms. The van der Waals surface area contributed by atoms with Crippen LogP contribution in [0.4, 0.5) is 0 Å². The van der Waals surface area contributed by atoms with Crippen molar-refractivity contribution in [3.8, 4) is 5.75 Å². The van der Waals surface area contributed by atoms with Crippen LogP contribution in [-0.2, 0) is 6.54 Å². The number of rotatable bonds is 5. The van der Waals surface area contributed by atoms with Gasteiger partial charge in [0.25, 0.3) is 0 Å². The van der Waals surface area contributed by atoms with Crippen LogP contribution in [-0.4, -0.2) is 59.9 Å². The van der Waals surface area contributed by atoms with Crippen molar-refractivity contribution in [2.24, 2.45) is 0 Å². The Morgan fingerprint density at radius 1 is 1.19 bits per heavy atom. The van der Waals surface area contributed by atoms with Gasteiger partial charge in [-0.25, -0.2) is 0 Å². The highest BCUT2D eigenvalue weighted by atomic mass is 79.9. The van der Waals surface area contributed by atoms with Crippen LogP contribution >= 0.6 is 15.9 Å². The summed E-state index contributed by atoms with van der Waals surface area (Å²) in [6.45, 7) is 10.8. The molecule has 0 aromatic carbocycles. The van der Waals surface area contributed by atoms with Gasteiger partial charge < -0.3 is 9.64 Å². The summed E-state index contributed by atoms with van der Waals surface area (Å²) < 4.78 is 5.51. The highest BCUT2D eigenvalue weighted by Crippen LogP contribution is 2.24. The van der Waals surface area contributed by atoms with Crippen molar-refractivity contribution in [3.05, 3.63) is 23.0 Å². The first kappa shape index (κ1) is 16.7. The zero-order chi connectivity index (χ0) is 15.2. The first-order valence-corrected chi connectivity index (χ1v) is 8.77. The van der Waals surface area contributed by atoms with Crippen molar-refractivity contribution in [1.82, 2.24) is 14.8 Å². The zero-order valence-corrected chi connectivity index (χ0v) is 14.9. The molecule has 4 nitrogen and oxygen atoms in total. The maximum absolute atomic E-state index is 5.51. The molecule has 0 spiro atoms. The topological polar surface area (TPSA) is 28.6 Å². The third-order valence-electron chi connectivity index (χ3n) is 4.21. The van der Waals surface area contributed by atoms with E-state index in [-0.39, 0.29) is 0 Å². The fourth-order valence-electron chi connectivity index (χ4n) is 2.97. The van der Waals surface area contributed by atoms with E-state index in [2.05, 4.69) is 37.6 Å². The van der Waals surface area contributed by atoms with Crippen molar-refractivity contribution in [3.63, 3.8) is 0 Å². The number of pyridine rings is 1. The Bertz CT molecular complexity index is 467. The molecular formula is C16H26BrN3O. The van der Waals surface area contributed by atoms with Crippen LogP contribution < -0.4 is 4.74 Å². The fourth-order valence-corrected chi connectivity index (χ4v) is 3.47. The van der Waals surface area contributed by atoms with Gasteiger partial charge in [0.1, 0.15) is 5.75 Å². The van der Waals surface area contributed by atoms with Crippen molar-refractivity contribution in [2.75, 3.05) is 45.2 Å². The van der Waals surface area contributed by atoms with Gasteiger partial charge in [-0.1, -0.05) is 15.9 Å². The van der Waals surface area contributed by atoms with E-state index in [9.17, 15) is 0 Å². The highest BCUT2D eigenvalue weighted by Gasteiger charge is 2.17. The van der Waals surface area contributed by atoms with Crippen LogP contribution in [0.15, 0.2) is 6.20 Å². The third-order valence-corrected chi connectivity index (χ3v) is 4.56. The predicted octanol–water partition coefficient (Wildman–Crippen LogP) is 2.61. The van der Waals surface area contributed by atoms with Crippen LogP contribution in [0.2, 0.25) is 0 Å². The second kappa shape index (κ2) is 8.11. The molecule has 0 amide bonds. The average Bonchev–Trinajstić information content (AvgIpc) is 2.69. The van der Waals surface area contributed by atoms with E-state index >= 15 is 0 Å². The van der Waals surface area contributed by atoms with Crippen LogP contribution in [0.25, 0.3) is 0 Å². The first-order valence-electron chi connectivity index (χ1n) is 7.65. The van der Waals surface area contributed by atoms with E-state index in [0.29, 0.717) is 0 Å². The molecule has 1 aliphatic heterocycles. The first-order chi connectivity index (χ1) is 10.2. The number of halogens is 1. The molecule has 0 unspecified atom stereocenters. The number of ether oxygens (including phenoxy) is 1. The van der Waals surface area contributed by atoms with E-state index in [1.165, 1.54) is 18.5 Å². The Morgan fingerprint density at radius 2 is 1.90 bits per heavy atom. The molecule has 2 rings (SSSR count). The Morgan fingerprint density at radius 3 is 2.62 bits per heavy atom. The lowest BCUT2D eigenvalue weighted by Gasteiger charge is -2.22. The van der Waals surface area contributed by atoms with Gasteiger partial charge in [-0.2, -0.15) is 0 Å². The van der Waals surface area contributed by atoms with E-state index in [1.54, 1.807) is 7.11 Å². The maximum Gasteiger partial charge on any atom is 0.128 e. The van der Waals surface area contributed by atoms with Gasteiger partial charge in [0.15, 0.2) is 0 Å². The standard InChI is InChI=1S/C16H26BrN3O/c1-13-11-18-15(14(2)16(13)21-3)12-20-7-4-6-19(8-5-17)9-10-20/h11H,4-10,12H2,1-3H3. The van der Waals surface area contributed by atoms with E-state index in [4.69, 9.17) is 4.74 Å². The molecule has 5 heteroatoms. The van der Waals surface area contributed by atoms with Crippen LogP contribution in [0.3, 0.4) is 0 Å². The van der Waals surface area contributed by atoms with Gasteiger partial charge in [-0.3, -0.25) is 9.88 Å². The Labute approximate surface area is 136 Å². The molecule has 0 aliphatic carbocycles. The summed E-state index contributed by atoms with van der Waals surface area (Å²) >= 11 is 3.53. The normalized spacial score (nSPS) is 17.7. The van der Waals surface area contributed by atoms with Gasteiger partial charge in [-0.05, 0) is 33.4 Å². The Hall–Kier alpha value is -0.650. The van der Waals surface area contributed by atoms with Crippen LogP contribution in [0.5, 0.6) is 5.75 Å². The molecule has 2 heterocycles. The molecule has 1 aliphatic rings. The van der Waals surface area contributed by atoms with Crippen LogP contribution in [0, 0.1) is 13.8 Å². The molecule has 118 valence electrons. The molecule has 0 N–H and O–H groups in total. The molecule has 1 aromatic heterocycles. The Balaban J connectivity index is 2.02. The van der Waals surface area contributed by atoms with Crippen molar-refractivity contribution in [1.29, 1.82) is 0 Å². The summed E-state index contributed by atoms with van der Waals surface area (Å²) in [5, 5.41) is 1.06. The molecule has 1 fully saturated rings. The number of nitrogens with zero attached hydrogens (tertiary/aromatic N) is 3. The summed E-state index contributed by atoms with van der Waals surface area (Å²) in [6.07, 6.45) is 3.16. The number of aryl methyl sites for hydroxylation is 1. The molecule has 0 atom stereocenters. The maximum atomic E-state index is 5.51. The Kier molecular flexibility index (Phi) is 6.45. The van der Waals surface area contributed by atoms with Crippen molar-refractivity contribution >= 4 is 15.9 Å². The van der Waals surface area contributed by atoms with Crippen molar-refractivity contribution in [2.45, 2.75) is 26.8 Å². The largest absolute Gasteiger partial charge is 0.496 e. The highest BCUT2D eigenvalue weighted by molar-refractivity contribution is 9.09. The minimum atomic E-state index is 0.921. The quantitative estimate of drug-likeness (QED) is 0.759. The molecule has 1 saturated heterocycles. The number of hydrogen-bond acceptors (Lipinski definition) is 4. The number of aromatic nitrogens is 1. The monoisotopic (exact) mass is 355 g/mol. The molecule has 0 radical (unpaired) electrons. The lowest BCUT2D eigenvalue weighted by molar-refractivity contribution is 0.255. The zero-order valence-electron chi connectivity index (χ0n) is 13.4. The predicted molar refractivity (Wildman–Crippen MR) is 90.4 cm³/mol. The van der Waals surface area contributed by atoms with Gasteiger partial charge in [0.05, 0.1) is 12.8 Å². The second-order valence-corrected chi connectivity index (χ2v) is 6.50. The van der Waals surface area contributed by atoms with Gasteiger partial charge >= 0.3 is 0 Å². The average molecular weight is 356 g/mol. The minimum Gasteiger partial charge on any atom is -0.496 e. The van der Waals surface area contributed by atoms with E-state index in [1.807, 2.05) is 13.1 Å². The second-order valence-electron chi connectivity index (χ2n) is 5.71. The summed E-state index contributed by atoms with van der Waals surface area (Å²) in [7, 11) is 1.74. The van der Waals surface area contributed by atoms with E-state index in [0.717, 1.165) is 55.1 Å². The van der Waals surface area contributed by atoms with Crippen molar-refractivity contribution < 1.29 is 4.74 Å². The van der Waals surface area contributed by atoms with Crippen LogP contribution in [0.1, 0.15) is 23.2 Å². The molecule has 1 aromatic rings. The van der Waals surface area contributed by atoms with Gasteiger partial charge in [-0.15, -0.1) is 0 Å². The van der Waals surface area contributed by atoms with Gasteiger partial charge in [0.2, 0.25) is 0 Å². The number of hydrogen-bond donors (Lipinski definition) is 0. The lowest BCUT2D eigenvalue weighted by atomic mass is 10.1. The third kappa shape index (κ3) is 4.41. The number of alkyl halides is 1. The smallest absolute Gasteiger partial charge is 0.128 e. The summed E-state index contributed by atoms with van der Waals surface area (Å²) in [6, 6.07) is 0. The summed E-state index contributed by atoms with van der Waals surface area (Å²) in [4.78, 5) is 9.67. The SMILES string of the molecule is COc1c(C)cnc(CN2CCCN(CCBr)CC2)c1C. The van der Waals surface area contributed by atoms with Gasteiger partial charge in [0, 0.05) is 48.8 Å². The summed E-state index contributed by atoms with van der Waals surface area (Å²) in [5.41, 5.74) is 3.43. The van der Waals surface area contributed by atoms with E-state index < -0.39 is 0 Å². The summed E-state index contributed by atoms with van der Waals surface area (Å²) in [5.74, 6) is 0.982. The molecular weight excluding hydrogens is 330 g/mol. The molecule has 0 saturated carbocycles. The minimum absolute atomic E-state index is 0.921. The molecule has 21 heavy (non-hydrogen) atoms. The number of methoxy groups -OCH3 is 1. The lowest BCUT2D eigenvalue weighted by Crippen LogP contribution is -2.32. The fraction of sp³-hybridized carbons (Fsp3) is 0.688.